The summed E-state index contributed by atoms with van der Waals surface area (Å²) in [5, 5.41) is 0. The maximum atomic E-state index is 12.6. The van der Waals surface area contributed by atoms with Crippen molar-refractivity contribution in [3.8, 4) is 0 Å². The Bertz CT molecular complexity index is 552. The first-order valence-electron chi connectivity index (χ1n) is 8.12. The summed E-state index contributed by atoms with van der Waals surface area (Å²) in [5.41, 5.74) is 4.50. The molecule has 2 aliphatic rings. The van der Waals surface area contributed by atoms with Crippen molar-refractivity contribution in [2.75, 3.05) is 32.7 Å². The van der Waals surface area contributed by atoms with Gasteiger partial charge in [-0.1, -0.05) is 6.07 Å². The van der Waals surface area contributed by atoms with Crippen molar-refractivity contribution >= 4 is 5.78 Å². The number of carbonyl (C=O) groups excluding carboxylic acids is 1. The van der Waals surface area contributed by atoms with Gasteiger partial charge in [-0.15, -0.1) is 0 Å². The molecule has 1 unspecified atom stereocenters. The Morgan fingerprint density at radius 3 is 2.67 bits per heavy atom. The molecule has 2 fully saturated rings. The highest BCUT2D eigenvalue weighted by molar-refractivity contribution is 5.99. The third-order valence-corrected chi connectivity index (χ3v) is 5.18. The first-order valence-corrected chi connectivity index (χ1v) is 8.12. The average Bonchev–Trinajstić information content (AvgIpc) is 2.90. The zero-order valence-corrected chi connectivity index (χ0v) is 13.5. The molecule has 21 heavy (non-hydrogen) atoms. The third-order valence-electron chi connectivity index (χ3n) is 5.18. The minimum atomic E-state index is 0.280. The van der Waals surface area contributed by atoms with Crippen LogP contribution in [0.2, 0.25) is 0 Å². The van der Waals surface area contributed by atoms with Crippen molar-refractivity contribution in [2.45, 2.75) is 39.7 Å². The van der Waals surface area contributed by atoms with Crippen LogP contribution >= 0.6 is 0 Å². The second-order valence-corrected chi connectivity index (χ2v) is 6.74. The van der Waals surface area contributed by atoms with E-state index >= 15 is 0 Å². The Balaban J connectivity index is 1.68. The summed E-state index contributed by atoms with van der Waals surface area (Å²) in [6.07, 6.45) is 2.62. The van der Waals surface area contributed by atoms with Crippen LogP contribution in [0.4, 0.5) is 0 Å². The minimum absolute atomic E-state index is 0.280. The molecule has 0 N–H and O–H groups in total. The van der Waals surface area contributed by atoms with Crippen LogP contribution in [0.15, 0.2) is 12.1 Å². The maximum absolute atomic E-state index is 12.6. The topological polar surface area (TPSA) is 23.6 Å². The fourth-order valence-corrected chi connectivity index (χ4v) is 3.75. The fraction of sp³-hybridized carbons (Fsp3) is 0.611. The molecule has 2 heterocycles. The van der Waals surface area contributed by atoms with Gasteiger partial charge in [0, 0.05) is 31.2 Å². The number of Topliss-reactive ketones (excluding diaryl/α,β-unsaturated/α-hetero) is 1. The number of benzene rings is 1. The molecule has 2 saturated heterocycles. The van der Waals surface area contributed by atoms with Gasteiger partial charge < -0.3 is 0 Å². The van der Waals surface area contributed by atoms with E-state index < -0.39 is 0 Å². The highest BCUT2D eigenvalue weighted by Gasteiger charge is 2.31. The molecule has 0 spiro atoms. The van der Waals surface area contributed by atoms with Crippen LogP contribution in [0.3, 0.4) is 0 Å². The van der Waals surface area contributed by atoms with Gasteiger partial charge in [0.2, 0.25) is 0 Å². The smallest absolute Gasteiger partial charge is 0.177 e. The Hall–Kier alpha value is -1.19. The monoisotopic (exact) mass is 286 g/mol. The predicted octanol–water partition coefficient (Wildman–Crippen LogP) is 2.57. The first kappa shape index (κ1) is 14.7. The summed E-state index contributed by atoms with van der Waals surface area (Å²) >= 11 is 0. The van der Waals surface area contributed by atoms with Crippen molar-refractivity contribution in [2.24, 2.45) is 0 Å². The van der Waals surface area contributed by atoms with E-state index in [1.165, 1.54) is 30.5 Å². The molecule has 0 radical (unpaired) electrons. The SMILES string of the molecule is Cc1cc(C)c(C(=O)CN2CCN3CCCC3C2)cc1C. The molecule has 0 bridgehead atoms. The maximum Gasteiger partial charge on any atom is 0.177 e. The number of aryl methyl sites for hydroxylation is 3. The van der Waals surface area contributed by atoms with Crippen LogP contribution in [-0.4, -0.2) is 54.3 Å². The second-order valence-electron chi connectivity index (χ2n) is 6.74. The van der Waals surface area contributed by atoms with Crippen LogP contribution in [-0.2, 0) is 0 Å². The molecule has 1 atom stereocenters. The van der Waals surface area contributed by atoms with Crippen LogP contribution < -0.4 is 0 Å². The number of ketones is 1. The van der Waals surface area contributed by atoms with Crippen LogP contribution in [0.1, 0.15) is 39.9 Å². The van der Waals surface area contributed by atoms with E-state index in [2.05, 4.69) is 42.7 Å². The van der Waals surface area contributed by atoms with Gasteiger partial charge in [0.05, 0.1) is 6.54 Å². The number of fused-ring (bicyclic) bond motifs is 1. The van der Waals surface area contributed by atoms with E-state index in [-0.39, 0.29) is 5.78 Å². The molecule has 114 valence electrons. The molecule has 1 aromatic carbocycles. The van der Waals surface area contributed by atoms with Crippen LogP contribution in [0.5, 0.6) is 0 Å². The van der Waals surface area contributed by atoms with Gasteiger partial charge in [-0.25, -0.2) is 0 Å². The summed E-state index contributed by atoms with van der Waals surface area (Å²) in [6.45, 7) is 11.3. The minimum Gasteiger partial charge on any atom is -0.298 e. The molecule has 0 saturated carbocycles. The summed E-state index contributed by atoms with van der Waals surface area (Å²) in [6, 6.07) is 4.89. The van der Waals surface area contributed by atoms with E-state index in [9.17, 15) is 4.79 Å². The van der Waals surface area contributed by atoms with E-state index in [4.69, 9.17) is 0 Å². The summed E-state index contributed by atoms with van der Waals surface area (Å²) in [5.74, 6) is 0.280. The van der Waals surface area contributed by atoms with E-state index in [1.807, 2.05) is 0 Å². The van der Waals surface area contributed by atoms with Gasteiger partial charge in [-0.2, -0.15) is 0 Å². The second kappa shape index (κ2) is 5.90. The lowest BCUT2D eigenvalue weighted by atomic mass is 9.97. The largest absolute Gasteiger partial charge is 0.298 e. The third kappa shape index (κ3) is 3.04. The lowest BCUT2D eigenvalue weighted by Crippen LogP contribution is -2.51. The molecule has 2 aliphatic heterocycles. The highest BCUT2D eigenvalue weighted by atomic mass is 16.1. The molecule has 0 aliphatic carbocycles. The summed E-state index contributed by atoms with van der Waals surface area (Å²) in [7, 11) is 0. The molecule has 1 aromatic rings. The van der Waals surface area contributed by atoms with Crippen molar-refractivity contribution in [3.05, 3.63) is 34.4 Å². The number of carbonyl (C=O) groups is 1. The fourth-order valence-electron chi connectivity index (χ4n) is 3.75. The zero-order chi connectivity index (χ0) is 15.0. The number of nitrogens with zero attached hydrogens (tertiary/aromatic N) is 2. The zero-order valence-electron chi connectivity index (χ0n) is 13.5. The van der Waals surface area contributed by atoms with Gasteiger partial charge in [0.1, 0.15) is 0 Å². The van der Waals surface area contributed by atoms with E-state index in [1.54, 1.807) is 0 Å². The Kier molecular flexibility index (Phi) is 4.14. The summed E-state index contributed by atoms with van der Waals surface area (Å²) < 4.78 is 0. The van der Waals surface area contributed by atoms with Crippen molar-refractivity contribution < 1.29 is 4.79 Å². The normalized spacial score (nSPS) is 23.3. The van der Waals surface area contributed by atoms with Crippen LogP contribution in [0.25, 0.3) is 0 Å². The lowest BCUT2D eigenvalue weighted by Gasteiger charge is -2.37. The Morgan fingerprint density at radius 2 is 1.86 bits per heavy atom. The molecular formula is C18H26N2O. The standard InChI is InChI=1S/C18H26N2O/c1-13-9-15(3)17(10-14(13)2)18(21)12-19-7-8-20-6-4-5-16(20)11-19/h9-10,16H,4-8,11-12H2,1-3H3. The first-order chi connectivity index (χ1) is 10.0. The molecule has 0 amide bonds. The molecule has 3 nitrogen and oxygen atoms in total. The van der Waals surface area contributed by atoms with Crippen molar-refractivity contribution in [1.82, 2.24) is 9.80 Å². The molecule has 0 aromatic heterocycles. The summed E-state index contributed by atoms with van der Waals surface area (Å²) in [4.78, 5) is 17.6. The molecular weight excluding hydrogens is 260 g/mol. The number of piperazine rings is 1. The number of hydrogen-bond donors (Lipinski definition) is 0. The predicted molar refractivity (Wildman–Crippen MR) is 86.0 cm³/mol. The van der Waals surface area contributed by atoms with Crippen molar-refractivity contribution in [3.63, 3.8) is 0 Å². The Labute approximate surface area is 127 Å². The quantitative estimate of drug-likeness (QED) is 0.798. The van der Waals surface area contributed by atoms with Gasteiger partial charge in [-0.05, 0) is 62.9 Å². The lowest BCUT2D eigenvalue weighted by molar-refractivity contribution is 0.0783. The Morgan fingerprint density at radius 1 is 1.10 bits per heavy atom. The van der Waals surface area contributed by atoms with E-state index in [0.717, 1.165) is 30.8 Å². The van der Waals surface area contributed by atoms with Crippen molar-refractivity contribution in [1.29, 1.82) is 0 Å². The molecule has 3 heteroatoms. The average molecular weight is 286 g/mol. The van der Waals surface area contributed by atoms with Gasteiger partial charge >= 0.3 is 0 Å². The highest BCUT2D eigenvalue weighted by Crippen LogP contribution is 2.22. The van der Waals surface area contributed by atoms with Gasteiger partial charge in [0.25, 0.3) is 0 Å². The number of rotatable bonds is 3. The van der Waals surface area contributed by atoms with Crippen LogP contribution in [0, 0.1) is 20.8 Å². The van der Waals surface area contributed by atoms with Gasteiger partial charge in [-0.3, -0.25) is 14.6 Å². The number of hydrogen-bond acceptors (Lipinski definition) is 3. The van der Waals surface area contributed by atoms with E-state index in [0.29, 0.717) is 12.6 Å². The van der Waals surface area contributed by atoms with Gasteiger partial charge in [0.15, 0.2) is 5.78 Å². The molecule has 3 rings (SSSR count).